The largest absolute Gasteiger partial charge is 0.356 e. The third kappa shape index (κ3) is 7.08. The Labute approximate surface area is 154 Å². The molecule has 2 amide bonds. The van der Waals surface area contributed by atoms with Crippen molar-refractivity contribution in [3.8, 4) is 0 Å². The van der Waals surface area contributed by atoms with E-state index in [-0.39, 0.29) is 30.7 Å². The predicted molar refractivity (Wildman–Crippen MR) is 102 cm³/mol. The van der Waals surface area contributed by atoms with Crippen molar-refractivity contribution >= 4 is 23.5 Å². The fourth-order valence-corrected chi connectivity index (χ4v) is 2.30. The predicted octanol–water partition coefficient (Wildman–Crippen LogP) is 1.53. The zero-order chi connectivity index (χ0) is 19.5. The van der Waals surface area contributed by atoms with Crippen LogP contribution in [0.1, 0.15) is 20.8 Å². The molecule has 2 N–H and O–H groups in total. The van der Waals surface area contributed by atoms with E-state index in [2.05, 4.69) is 15.6 Å². The summed E-state index contributed by atoms with van der Waals surface area (Å²) in [6, 6.07) is 5.51. The fraction of sp³-hybridized carbons (Fsp3) is 0.500. The zero-order valence-electron chi connectivity index (χ0n) is 15.9. The number of carbonyl (C=O) groups excluding carboxylic acids is 2. The third-order valence-corrected chi connectivity index (χ3v) is 3.69. The highest BCUT2D eigenvalue weighted by molar-refractivity contribution is 5.94. The number of benzene rings is 1. The molecule has 1 rings (SSSR count). The number of anilines is 1. The number of nitrogens with zero attached hydrogens (tertiary/aromatic N) is 3. The second-order valence-electron chi connectivity index (χ2n) is 5.65. The third-order valence-electron chi connectivity index (χ3n) is 3.69. The van der Waals surface area contributed by atoms with E-state index < -0.39 is 0 Å². The van der Waals surface area contributed by atoms with Gasteiger partial charge < -0.3 is 20.4 Å². The molecule has 144 valence electrons. The molecule has 0 aliphatic carbocycles. The maximum atomic E-state index is 12.9. The van der Waals surface area contributed by atoms with Crippen LogP contribution in [0.5, 0.6) is 0 Å². The van der Waals surface area contributed by atoms with Crippen LogP contribution in [0, 0.1) is 5.82 Å². The van der Waals surface area contributed by atoms with E-state index in [4.69, 9.17) is 0 Å². The lowest BCUT2D eigenvalue weighted by molar-refractivity contribution is -0.131. The molecule has 8 heteroatoms. The van der Waals surface area contributed by atoms with Crippen molar-refractivity contribution in [2.45, 2.75) is 20.8 Å². The van der Waals surface area contributed by atoms with E-state index in [1.54, 1.807) is 16.8 Å². The van der Waals surface area contributed by atoms with E-state index >= 15 is 0 Å². The summed E-state index contributed by atoms with van der Waals surface area (Å²) in [6.45, 7) is 7.75. The second kappa shape index (κ2) is 11.1. The van der Waals surface area contributed by atoms with Crippen LogP contribution in [0.25, 0.3) is 0 Å². The minimum Gasteiger partial charge on any atom is -0.356 e. The van der Waals surface area contributed by atoms with Gasteiger partial charge >= 0.3 is 0 Å². The highest BCUT2D eigenvalue weighted by atomic mass is 19.1. The van der Waals surface area contributed by atoms with E-state index in [0.29, 0.717) is 31.3 Å². The Kier molecular flexibility index (Phi) is 9.11. The molecule has 0 saturated heterocycles. The quantitative estimate of drug-likeness (QED) is 0.541. The Morgan fingerprint density at radius 3 is 2.27 bits per heavy atom. The van der Waals surface area contributed by atoms with Gasteiger partial charge in [0.2, 0.25) is 11.8 Å². The number of likely N-dealkylation sites (N-methyl/N-ethyl adjacent to an activating group) is 2. The molecule has 1 aromatic rings. The van der Waals surface area contributed by atoms with Gasteiger partial charge in [-0.25, -0.2) is 9.38 Å². The summed E-state index contributed by atoms with van der Waals surface area (Å²) in [5.41, 5.74) is 0.502. The van der Waals surface area contributed by atoms with Gasteiger partial charge in [-0.05, 0) is 45.0 Å². The highest BCUT2D eigenvalue weighted by Gasteiger charge is 2.15. The van der Waals surface area contributed by atoms with E-state index in [0.717, 1.165) is 0 Å². The number of nitrogens with one attached hydrogen (secondary N) is 2. The molecule has 1 aromatic carbocycles. The standard InChI is InChI=1S/C18H28FN5O2/c1-5-20-18(23(4)13-17(26)24(6-2)7-3)21-12-16(25)22-15-10-8-14(19)9-11-15/h8-11H,5-7,12-13H2,1-4H3,(H,20,21)(H,22,25). The van der Waals surface area contributed by atoms with Gasteiger partial charge in [0, 0.05) is 32.4 Å². The molecule has 0 aromatic heterocycles. The molecule has 0 bridgehead atoms. The molecular weight excluding hydrogens is 337 g/mol. The van der Waals surface area contributed by atoms with E-state index in [1.807, 2.05) is 20.8 Å². The van der Waals surface area contributed by atoms with Crippen LogP contribution in [0.4, 0.5) is 10.1 Å². The zero-order valence-corrected chi connectivity index (χ0v) is 15.9. The van der Waals surface area contributed by atoms with Gasteiger partial charge in [-0.2, -0.15) is 0 Å². The number of hydrogen-bond donors (Lipinski definition) is 2. The summed E-state index contributed by atoms with van der Waals surface area (Å²) >= 11 is 0. The van der Waals surface area contributed by atoms with Gasteiger partial charge in [-0.3, -0.25) is 9.59 Å². The molecular formula is C18H28FN5O2. The van der Waals surface area contributed by atoms with Crippen molar-refractivity contribution in [3.05, 3.63) is 30.1 Å². The smallest absolute Gasteiger partial charge is 0.246 e. The Morgan fingerprint density at radius 2 is 1.73 bits per heavy atom. The van der Waals surface area contributed by atoms with Gasteiger partial charge in [0.25, 0.3) is 0 Å². The highest BCUT2D eigenvalue weighted by Crippen LogP contribution is 2.07. The average molecular weight is 365 g/mol. The van der Waals surface area contributed by atoms with Gasteiger partial charge in [-0.1, -0.05) is 0 Å². The lowest BCUT2D eigenvalue weighted by Crippen LogP contribution is -2.46. The van der Waals surface area contributed by atoms with Crippen LogP contribution in [0.2, 0.25) is 0 Å². The number of hydrogen-bond acceptors (Lipinski definition) is 3. The SMILES string of the molecule is CCNC(=NCC(=O)Nc1ccc(F)cc1)N(C)CC(=O)N(CC)CC. The molecule has 0 unspecified atom stereocenters. The first-order chi connectivity index (χ1) is 12.4. The first-order valence-corrected chi connectivity index (χ1v) is 8.73. The van der Waals surface area contributed by atoms with Crippen molar-refractivity contribution in [1.82, 2.24) is 15.1 Å². The van der Waals surface area contributed by atoms with Crippen molar-refractivity contribution in [2.75, 3.05) is 45.1 Å². The van der Waals surface area contributed by atoms with Crippen molar-refractivity contribution in [3.63, 3.8) is 0 Å². The summed E-state index contributed by atoms with van der Waals surface area (Å²) in [4.78, 5) is 31.9. The molecule has 0 spiro atoms. The average Bonchev–Trinajstić information content (AvgIpc) is 2.61. The Balaban J connectivity index is 2.67. The number of amides is 2. The van der Waals surface area contributed by atoms with Crippen molar-refractivity contribution < 1.29 is 14.0 Å². The van der Waals surface area contributed by atoms with Crippen LogP contribution in [-0.4, -0.2) is 67.3 Å². The normalized spacial score (nSPS) is 11.0. The topological polar surface area (TPSA) is 77.0 Å². The van der Waals surface area contributed by atoms with Crippen LogP contribution >= 0.6 is 0 Å². The van der Waals surface area contributed by atoms with Crippen LogP contribution in [0.3, 0.4) is 0 Å². The lowest BCUT2D eigenvalue weighted by atomic mass is 10.3. The number of rotatable bonds is 8. The molecule has 7 nitrogen and oxygen atoms in total. The number of guanidine groups is 1. The van der Waals surface area contributed by atoms with Gasteiger partial charge in [0.1, 0.15) is 12.4 Å². The summed E-state index contributed by atoms with van der Waals surface area (Å²) in [5.74, 6) is -0.216. The maximum Gasteiger partial charge on any atom is 0.246 e. The molecule has 0 aliphatic heterocycles. The summed E-state index contributed by atoms with van der Waals surface area (Å²) in [6.07, 6.45) is 0. The molecule has 0 fully saturated rings. The van der Waals surface area contributed by atoms with E-state index in [1.165, 1.54) is 24.3 Å². The number of carbonyl (C=O) groups is 2. The van der Waals surface area contributed by atoms with Gasteiger partial charge in [0.05, 0.1) is 6.54 Å². The molecule has 0 radical (unpaired) electrons. The summed E-state index contributed by atoms with van der Waals surface area (Å²) in [7, 11) is 1.75. The number of halogens is 1. The molecule has 0 heterocycles. The molecule has 0 atom stereocenters. The van der Waals surface area contributed by atoms with Gasteiger partial charge in [0.15, 0.2) is 5.96 Å². The minimum atomic E-state index is -0.366. The molecule has 0 saturated carbocycles. The van der Waals surface area contributed by atoms with Crippen LogP contribution in [0.15, 0.2) is 29.3 Å². The maximum absolute atomic E-state index is 12.9. The molecule has 26 heavy (non-hydrogen) atoms. The van der Waals surface area contributed by atoms with Crippen molar-refractivity contribution in [1.29, 1.82) is 0 Å². The van der Waals surface area contributed by atoms with Crippen LogP contribution < -0.4 is 10.6 Å². The first-order valence-electron chi connectivity index (χ1n) is 8.73. The van der Waals surface area contributed by atoms with Crippen LogP contribution in [-0.2, 0) is 9.59 Å². The fourth-order valence-electron chi connectivity index (χ4n) is 2.30. The van der Waals surface area contributed by atoms with E-state index in [9.17, 15) is 14.0 Å². The molecule has 0 aliphatic rings. The Morgan fingerprint density at radius 1 is 1.12 bits per heavy atom. The minimum absolute atomic E-state index is 0.00105. The summed E-state index contributed by atoms with van der Waals surface area (Å²) in [5, 5.41) is 5.71. The Hall–Kier alpha value is -2.64. The van der Waals surface area contributed by atoms with Crippen molar-refractivity contribution in [2.24, 2.45) is 4.99 Å². The van der Waals surface area contributed by atoms with Gasteiger partial charge in [-0.15, -0.1) is 0 Å². The lowest BCUT2D eigenvalue weighted by Gasteiger charge is -2.25. The monoisotopic (exact) mass is 365 g/mol. The summed E-state index contributed by atoms with van der Waals surface area (Å²) < 4.78 is 12.9. The first kappa shape index (κ1) is 21.4. The number of aliphatic imine (C=N–C) groups is 1. The Bertz CT molecular complexity index is 615. The second-order valence-corrected chi connectivity index (χ2v) is 5.65.